The predicted octanol–water partition coefficient (Wildman–Crippen LogP) is 5.36. The molecule has 214 valence electrons. The molecule has 40 heavy (non-hydrogen) atoms. The van der Waals surface area contributed by atoms with Crippen molar-refractivity contribution in [2.75, 3.05) is 17.4 Å². The molecule has 0 spiro atoms. The number of sulfonamides is 1. The Kier molecular flexibility index (Phi) is 10.8. The van der Waals surface area contributed by atoms with Crippen LogP contribution in [0.25, 0.3) is 0 Å². The molecule has 3 aromatic carbocycles. The Balaban J connectivity index is 2.06. The Morgan fingerprint density at radius 1 is 0.925 bits per heavy atom. The lowest BCUT2D eigenvalue weighted by Gasteiger charge is -2.33. The summed E-state index contributed by atoms with van der Waals surface area (Å²) in [4.78, 5) is 28.7. The van der Waals surface area contributed by atoms with Crippen LogP contribution in [0.2, 0.25) is 0 Å². The maximum absolute atomic E-state index is 14.1. The van der Waals surface area contributed by atoms with E-state index in [1.807, 2.05) is 26.8 Å². The molecule has 3 rings (SSSR count). The van der Waals surface area contributed by atoms with Gasteiger partial charge in [0.15, 0.2) is 0 Å². The van der Waals surface area contributed by atoms with E-state index in [2.05, 4.69) is 5.32 Å². The van der Waals surface area contributed by atoms with Gasteiger partial charge >= 0.3 is 0 Å². The minimum atomic E-state index is -4.13. The summed E-state index contributed by atoms with van der Waals surface area (Å²) < 4.78 is 42.6. The highest BCUT2D eigenvalue weighted by Gasteiger charge is 2.34. The first kappa shape index (κ1) is 30.8. The van der Waals surface area contributed by atoms with Gasteiger partial charge in [0.1, 0.15) is 18.4 Å². The summed E-state index contributed by atoms with van der Waals surface area (Å²) in [6.45, 7) is 7.49. The summed E-state index contributed by atoms with van der Waals surface area (Å²) in [5, 5.41) is 2.90. The van der Waals surface area contributed by atoms with E-state index < -0.39 is 34.3 Å². The van der Waals surface area contributed by atoms with Gasteiger partial charge in [0.2, 0.25) is 11.8 Å². The highest BCUT2D eigenvalue weighted by molar-refractivity contribution is 7.92. The number of carbonyl (C=O) groups excluding carboxylic acids is 2. The Morgan fingerprint density at radius 3 is 2.23 bits per heavy atom. The topological polar surface area (TPSA) is 86.8 Å². The van der Waals surface area contributed by atoms with Crippen molar-refractivity contribution in [3.05, 3.63) is 95.3 Å². The highest BCUT2D eigenvalue weighted by Crippen LogP contribution is 2.29. The average Bonchev–Trinajstić information content (AvgIpc) is 2.95. The van der Waals surface area contributed by atoms with Crippen molar-refractivity contribution in [1.29, 1.82) is 0 Å². The largest absolute Gasteiger partial charge is 0.354 e. The van der Waals surface area contributed by atoms with Gasteiger partial charge in [-0.15, -0.1) is 0 Å². The van der Waals surface area contributed by atoms with Crippen molar-refractivity contribution in [2.24, 2.45) is 0 Å². The first-order valence-corrected chi connectivity index (χ1v) is 15.0. The molecule has 0 bridgehead atoms. The molecule has 1 unspecified atom stereocenters. The smallest absolute Gasteiger partial charge is 0.264 e. The number of unbranched alkanes of at least 4 members (excludes halogenated alkanes) is 1. The minimum absolute atomic E-state index is 0.0187. The number of amides is 2. The van der Waals surface area contributed by atoms with Gasteiger partial charge < -0.3 is 10.2 Å². The van der Waals surface area contributed by atoms with Crippen LogP contribution in [0.4, 0.5) is 10.1 Å². The van der Waals surface area contributed by atoms with E-state index in [0.29, 0.717) is 24.2 Å². The molecule has 7 nitrogen and oxygen atoms in total. The molecular formula is C31H38FN3O4S. The van der Waals surface area contributed by atoms with Crippen molar-refractivity contribution in [1.82, 2.24) is 10.2 Å². The summed E-state index contributed by atoms with van der Waals surface area (Å²) in [7, 11) is -4.13. The van der Waals surface area contributed by atoms with Crippen molar-refractivity contribution in [3.63, 3.8) is 0 Å². The van der Waals surface area contributed by atoms with Gasteiger partial charge in [0.25, 0.3) is 10.0 Å². The second-order valence-corrected chi connectivity index (χ2v) is 11.6. The number of nitrogens with zero attached hydrogens (tertiary/aromatic N) is 2. The summed E-state index contributed by atoms with van der Waals surface area (Å²) in [6.07, 6.45) is 2.01. The van der Waals surface area contributed by atoms with Crippen LogP contribution in [0, 0.1) is 19.7 Å². The summed E-state index contributed by atoms with van der Waals surface area (Å²) in [5.74, 6) is -1.26. The number of aryl methyl sites for hydroxylation is 1. The first-order valence-electron chi connectivity index (χ1n) is 13.6. The van der Waals surface area contributed by atoms with Gasteiger partial charge in [-0.2, -0.15) is 0 Å². The number of hydrogen-bond donors (Lipinski definition) is 1. The third-order valence-corrected chi connectivity index (χ3v) is 8.71. The van der Waals surface area contributed by atoms with E-state index in [0.717, 1.165) is 28.3 Å². The zero-order valence-electron chi connectivity index (χ0n) is 23.6. The van der Waals surface area contributed by atoms with Gasteiger partial charge in [0, 0.05) is 13.1 Å². The Hall–Kier alpha value is -3.72. The summed E-state index contributed by atoms with van der Waals surface area (Å²) in [6, 6.07) is 18.1. The van der Waals surface area contributed by atoms with Crippen LogP contribution < -0.4 is 9.62 Å². The van der Waals surface area contributed by atoms with Gasteiger partial charge in [-0.25, -0.2) is 12.8 Å². The van der Waals surface area contributed by atoms with Crippen molar-refractivity contribution < 1.29 is 22.4 Å². The lowest BCUT2D eigenvalue weighted by molar-refractivity contribution is -0.140. The molecule has 0 aromatic heterocycles. The van der Waals surface area contributed by atoms with E-state index in [9.17, 15) is 22.4 Å². The van der Waals surface area contributed by atoms with Crippen molar-refractivity contribution >= 4 is 27.5 Å². The molecule has 0 aliphatic carbocycles. The van der Waals surface area contributed by atoms with Gasteiger partial charge in [-0.3, -0.25) is 13.9 Å². The lowest BCUT2D eigenvalue weighted by atomic mass is 10.1. The van der Waals surface area contributed by atoms with Crippen LogP contribution in [-0.2, 0) is 26.2 Å². The van der Waals surface area contributed by atoms with Crippen LogP contribution in [-0.4, -0.2) is 44.3 Å². The molecular weight excluding hydrogens is 529 g/mol. The predicted molar refractivity (Wildman–Crippen MR) is 156 cm³/mol. The molecule has 1 atom stereocenters. The minimum Gasteiger partial charge on any atom is -0.354 e. The van der Waals surface area contributed by atoms with Crippen LogP contribution >= 0.6 is 0 Å². The first-order chi connectivity index (χ1) is 19.1. The molecule has 2 amide bonds. The van der Waals surface area contributed by atoms with E-state index in [1.54, 1.807) is 49.4 Å². The number of halogens is 1. The second kappa shape index (κ2) is 14.1. The van der Waals surface area contributed by atoms with E-state index >= 15 is 0 Å². The molecule has 0 radical (unpaired) electrons. The van der Waals surface area contributed by atoms with E-state index in [-0.39, 0.29) is 17.3 Å². The average molecular weight is 568 g/mol. The molecule has 0 saturated carbocycles. The van der Waals surface area contributed by atoms with E-state index in [1.165, 1.54) is 29.2 Å². The van der Waals surface area contributed by atoms with Crippen LogP contribution in [0.3, 0.4) is 0 Å². The number of hydrogen-bond acceptors (Lipinski definition) is 4. The van der Waals surface area contributed by atoms with Crippen molar-refractivity contribution in [3.8, 4) is 0 Å². The fourth-order valence-electron chi connectivity index (χ4n) is 4.45. The number of rotatable bonds is 13. The normalized spacial score (nSPS) is 12.0. The van der Waals surface area contributed by atoms with Crippen LogP contribution in [0.5, 0.6) is 0 Å². The Bertz CT molecular complexity index is 1400. The zero-order chi connectivity index (χ0) is 29.3. The van der Waals surface area contributed by atoms with E-state index in [4.69, 9.17) is 0 Å². The molecule has 0 heterocycles. The van der Waals surface area contributed by atoms with Gasteiger partial charge in [-0.05, 0) is 73.7 Å². The number of anilines is 1. The third-order valence-electron chi connectivity index (χ3n) is 6.94. The third kappa shape index (κ3) is 7.47. The van der Waals surface area contributed by atoms with Crippen molar-refractivity contribution in [2.45, 2.75) is 64.4 Å². The molecule has 0 fully saturated rings. The number of carbonyl (C=O) groups is 2. The lowest BCUT2D eigenvalue weighted by Crippen LogP contribution is -2.52. The van der Waals surface area contributed by atoms with Gasteiger partial charge in [0.05, 0.1) is 10.6 Å². The maximum atomic E-state index is 14.1. The molecule has 0 saturated heterocycles. The molecule has 0 aliphatic heterocycles. The highest BCUT2D eigenvalue weighted by atomic mass is 32.2. The molecule has 3 aromatic rings. The second-order valence-electron chi connectivity index (χ2n) is 9.76. The monoisotopic (exact) mass is 567 g/mol. The fraction of sp³-hybridized carbons (Fsp3) is 0.355. The van der Waals surface area contributed by atoms with Gasteiger partial charge in [-0.1, -0.05) is 62.7 Å². The summed E-state index contributed by atoms with van der Waals surface area (Å²) in [5.41, 5.74) is 2.62. The standard InChI is InChI=1S/C31H38FN3O4S/c1-5-7-20-33-31(37)28(6-2)34(21-25-16-18-26(32)19-17-25)30(36)22-35(29-15-11-12-23(3)24(29)4)40(38,39)27-13-9-8-10-14-27/h8-19,28H,5-7,20-22H2,1-4H3,(H,33,37). The molecule has 1 N–H and O–H groups in total. The number of nitrogens with one attached hydrogen (secondary N) is 1. The molecule has 0 aliphatic rings. The SMILES string of the molecule is CCCCNC(=O)C(CC)N(Cc1ccc(F)cc1)C(=O)CN(c1cccc(C)c1C)S(=O)(=O)c1ccccc1. The quantitative estimate of drug-likeness (QED) is 0.282. The fourth-order valence-corrected chi connectivity index (χ4v) is 5.94. The summed E-state index contributed by atoms with van der Waals surface area (Å²) >= 11 is 0. The zero-order valence-corrected chi connectivity index (χ0v) is 24.4. The number of benzene rings is 3. The van der Waals surface area contributed by atoms with Crippen LogP contribution in [0.1, 0.15) is 49.8 Å². The maximum Gasteiger partial charge on any atom is 0.264 e. The Morgan fingerprint density at radius 2 is 1.60 bits per heavy atom. The molecule has 9 heteroatoms. The van der Waals surface area contributed by atoms with Crippen LogP contribution in [0.15, 0.2) is 77.7 Å². The Labute approximate surface area is 237 Å².